The van der Waals surface area contributed by atoms with Crippen molar-refractivity contribution in [2.75, 3.05) is 30.9 Å². The summed E-state index contributed by atoms with van der Waals surface area (Å²) in [4.78, 5) is 26.4. The summed E-state index contributed by atoms with van der Waals surface area (Å²) >= 11 is 3.34. The molecule has 4 rings (SSSR count). The van der Waals surface area contributed by atoms with Gasteiger partial charge in [0.2, 0.25) is 0 Å². The Kier molecular flexibility index (Phi) is 6.96. The van der Waals surface area contributed by atoms with Crippen LogP contribution in [0, 0.1) is 5.82 Å². The second-order valence-corrected chi connectivity index (χ2v) is 8.96. The summed E-state index contributed by atoms with van der Waals surface area (Å²) in [6.45, 7) is 0.606. The number of amides is 1. The number of aromatic nitrogens is 3. The lowest BCUT2D eigenvalue weighted by atomic mass is 9.95. The van der Waals surface area contributed by atoms with Crippen LogP contribution in [0.15, 0.2) is 54.3 Å². The number of para-hydroxylation sites is 1. The number of halogens is 1. The molecule has 3 heterocycles. The molecule has 1 atom stereocenters. The lowest BCUT2D eigenvalue weighted by molar-refractivity contribution is 0.0961. The zero-order valence-electron chi connectivity index (χ0n) is 17.6. The number of anilines is 1. The van der Waals surface area contributed by atoms with Crippen LogP contribution in [0.25, 0.3) is 21.5 Å². The van der Waals surface area contributed by atoms with Crippen LogP contribution >= 0.6 is 23.1 Å². The van der Waals surface area contributed by atoms with Crippen LogP contribution in [0.3, 0.4) is 0 Å². The highest BCUT2D eigenvalue weighted by Gasteiger charge is 2.21. The van der Waals surface area contributed by atoms with Gasteiger partial charge < -0.3 is 10.6 Å². The van der Waals surface area contributed by atoms with E-state index in [1.54, 1.807) is 35.5 Å². The highest BCUT2D eigenvalue weighted by Crippen LogP contribution is 2.30. The third-order valence-corrected chi connectivity index (χ3v) is 6.74. The fourth-order valence-corrected chi connectivity index (χ4v) is 5.00. The first-order chi connectivity index (χ1) is 15.6. The molecule has 3 aromatic heterocycles. The highest BCUT2D eigenvalue weighted by atomic mass is 32.2. The molecule has 1 unspecified atom stereocenters. The molecule has 0 saturated heterocycles. The van der Waals surface area contributed by atoms with E-state index in [1.165, 1.54) is 7.05 Å². The first-order valence-corrected chi connectivity index (χ1v) is 12.3. The van der Waals surface area contributed by atoms with Crippen molar-refractivity contribution in [3.05, 3.63) is 71.2 Å². The Labute approximate surface area is 193 Å². The van der Waals surface area contributed by atoms with Gasteiger partial charge in [0.25, 0.3) is 5.91 Å². The van der Waals surface area contributed by atoms with Crippen LogP contribution in [-0.4, -0.2) is 46.5 Å². The molecule has 0 bridgehead atoms. The Bertz CT molecular complexity index is 1230. The number of nitrogens with one attached hydrogen (secondary N) is 2. The Morgan fingerprint density at radius 1 is 1.22 bits per heavy atom. The summed E-state index contributed by atoms with van der Waals surface area (Å²) in [6.07, 6.45) is 4.72. The van der Waals surface area contributed by atoms with Gasteiger partial charge in [0.05, 0.1) is 27.8 Å². The summed E-state index contributed by atoms with van der Waals surface area (Å²) in [5, 5.41) is 8.45. The Balaban J connectivity index is 1.65. The lowest BCUT2D eigenvalue weighted by Crippen LogP contribution is -2.21. The van der Waals surface area contributed by atoms with Gasteiger partial charge in [-0.25, -0.2) is 14.4 Å². The number of carbonyl (C=O) groups excluding carboxylic acids is 1. The molecule has 0 saturated carbocycles. The van der Waals surface area contributed by atoms with Crippen molar-refractivity contribution in [1.82, 2.24) is 20.3 Å². The maximum atomic E-state index is 14.4. The number of pyridine rings is 1. The monoisotopic (exact) mass is 467 g/mol. The third-order valence-electron chi connectivity index (χ3n) is 5.11. The number of thiophene rings is 1. The molecule has 32 heavy (non-hydrogen) atoms. The Morgan fingerprint density at radius 2 is 2.09 bits per heavy atom. The van der Waals surface area contributed by atoms with E-state index in [-0.39, 0.29) is 11.5 Å². The molecule has 0 aliphatic heterocycles. The maximum Gasteiger partial charge on any atom is 0.254 e. The van der Waals surface area contributed by atoms with Gasteiger partial charge in [-0.1, -0.05) is 24.3 Å². The average Bonchev–Trinajstić information content (AvgIpc) is 3.36. The van der Waals surface area contributed by atoms with Crippen molar-refractivity contribution < 1.29 is 9.18 Å². The summed E-state index contributed by atoms with van der Waals surface area (Å²) in [7, 11) is 1.49. The predicted octanol–water partition coefficient (Wildman–Crippen LogP) is 4.81. The van der Waals surface area contributed by atoms with Crippen LogP contribution in [0.5, 0.6) is 0 Å². The van der Waals surface area contributed by atoms with Crippen molar-refractivity contribution in [1.29, 1.82) is 0 Å². The molecule has 164 valence electrons. The van der Waals surface area contributed by atoms with E-state index in [1.807, 2.05) is 42.0 Å². The van der Waals surface area contributed by atoms with Crippen molar-refractivity contribution in [2.45, 2.75) is 5.92 Å². The predicted molar refractivity (Wildman–Crippen MR) is 130 cm³/mol. The topological polar surface area (TPSA) is 79.8 Å². The minimum Gasteiger partial charge on any atom is -0.369 e. The van der Waals surface area contributed by atoms with Crippen LogP contribution in [-0.2, 0) is 0 Å². The van der Waals surface area contributed by atoms with Gasteiger partial charge in [-0.2, -0.15) is 11.8 Å². The fraction of sp³-hybridized carbons (Fsp3) is 0.217. The minimum atomic E-state index is -0.629. The number of benzene rings is 1. The zero-order chi connectivity index (χ0) is 22.5. The first kappa shape index (κ1) is 22.2. The number of thioether (sulfide) groups is 1. The van der Waals surface area contributed by atoms with Gasteiger partial charge in [-0.15, -0.1) is 11.3 Å². The van der Waals surface area contributed by atoms with Crippen molar-refractivity contribution in [2.24, 2.45) is 0 Å². The maximum absolute atomic E-state index is 14.4. The largest absolute Gasteiger partial charge is 0.369 e. The molecule has 4 aromatic rings. The highest BCUT2D eigenvalue weighted by molar-refractivity contribution is 7.98. The summed E-state index contributed by atoms with van der Waals surface area (Å²) in [5.41, 5.74) is 2.49. The van der Waals surface area contributed by atoms with Crippen molar-refractivity contribution >= 4 is 45.7 Å². The SMILES string of the molecule is CNC(=O)c1c(F)cnc2c(C(CNc3cc(-c4cccs4)ncn3)CSC)cccc12. The Hall–Kier alpha value is -3.04. The average molecular weight is 468 g/mol. The Morgan fingerprint density at radius 3 is 2.84 bits per heavy atom. The number of rotatable bonds is 8. The van der Waals surface area contributed by atoms with Gasteiger partial charge in [0.15, 0.2) is 5.82 Å². The fourth-order valence-electron chi connectivity index (χ4n) is 3.61. The molecular formula is C23H22FN5OS2. The minimum absolute atomic E-state index is 0.0200. The molecule has 9 heteroatoms. The van der Waals surface area contributed by atoms with Crippen molar-refractivity contribution in [3.8, 4) is 10.6 Å². The van der Waals surface area contributed by atoms with E-state index < -0.39 is 11.7 Å². The second kappa shape index (κ2) is 10.1. The van der Waals surface area contributed by atoms with E-state index in [9.17, 15) is 9.18 Å². The normalized spacial score (nSPS) is 12.0. The molecule has 2 N–H and O–H groups in total. The number of carbonyl (C=O) groups is 1. The molecule has 1 aromatic carbocycles. The first-order valence-electron chi connectivity index (χ1n) is 10.00. The molecule has 0 fully saturated rings. The molecule has 6 nitrogen and oxygen atoms in total. The summed E-state index contributed by atoms with van der Waals surface area (Å²) in [5.74, 6) is 0.539. The van der Waals surface area contributed by atoms with E-state index in [4.69, 9.17) is 0 Å². The number of nitrogens with zero attached hydrogens (tertiary/aromatic N) is 3. The van der Waals surface area contributed by atoms with Gasteiger partial charge in [-0.3, -0.25) is 9.78 Å². The van der Waals surface area contributed by atoms with Crippen LogP contribution in [0.1, 0.15) is 21.8 Å². The van der Waals surface area contributed by atoms with Gasteiger partial charge in [-0.05, 0) is 23.3 Å². The molecule has 0 aliphatic carbocycles. The van der Waals surface area contributed by atoms with E-state index in [2.05, 4.69) is 25.6 Å². The van der Waals surface area contributed by atoms with E-state index >= 15 is 0 Å². The van der Waals surface area contributed by atoms with Crippen molar-refractivity contribution in [3.63, 3.8) is 0 Å². The number of fused-ring (bicyclic) bond motifs is 1. The zero-order valence-corrected chi connectivity index (χ0v) is 19.3. The van der Waals surface area contributed by atoms with Gasteiger partial charge >= 0.3 is 0 Å². The van der Waals surface area contributed by atoms with E-state index in [0.29, 0.717) is 17.4 Å². The molecule has 0 radical (unpaired) electrons. The van der Waals surface area contributed by atoms with Crippen LogP contribution in [0.4, 0.5) is 10.2 Å². The number of hydrogen-bond donors (Lipinski definition) is 2. The second-order valence-electron chi connectivity index (χ2n) is 7.10. The van der Waals surface area contributed by atoms with Crippen LogP contribution in [0.2, 0.25) is 0 Å². The lowest BCUT2D eigenvalue weighted by Gasteiger charge is -2.20. The smallest absolute Gasteiger partial charge is 0.254 e. The molecule has 0 spiro atoms. The third kappa shape index (κ3) is 4.58. The summed E-state index contributed by atoms with van der Waals surface area (Å²) < 4.78 is 14.4. The van der Waals surface area contributed by atoms with Crippen LogP contribution < -0.4 is 10.6 Å². The number of hydrogen-bond acceptors (Lipinski definition) is 7. The van der Waals surface area contributed by atoms with Gasteiger partial charge in [0, 0.05) is 36.7 Å². The molecule has 0 aliphatic rings. The summed E-state index contributed by atoms with van der Waals surface area (Å²) in [6, 6.07) is 11.5. The standard InChI is InChI=1S/C23H22FN5OS2/c1-25-23(30)21-16-6-3-5-15(22(16)27-11-17(21)24)14(12-31-2)10-26-20-9-18(28-13-29-20)19-7-4-8-32-19/h3-9,11,13-14H,10,12H2,1-2H3,(H,25,30)(H,26,28,29). The molecule has 1 amide bonds. The quantitative estimate of drug-likeness (QED) is 0.387. The molecular weight excluding hydrogens is 445 g/mol. The van der Waals surface area contributed by atoms with E-state index in [0.717, 1.165) is 33.9 Å². The van der Waals surface area contributed by atoms with Gasteiger partial charge in [0.1, 0.15) is 12.1 Å².